The molecule has 2 saturated carbocycles. The first-order valence-corrected chi connectivity index (χ1v) is 9.21. The van der Waals surface area contributed by atoms with Gasteiger partial charge in [0.1, 0.15) is 0 Å². The molecule has 22 heavy (non-hydrogen) atoms. The first-order chi connectivity index (χ1) is 10.3. The number of allylic oxidation sites excluding steroid dienone is 2. The maximum Gasteiger partial charge on any atom is 0.309 e. The third kappa shape index (κ3) is 2.25. The van der Waals surface area contributed by atoms with Crippen LogP contribution in [-0.4, -0.2) is 11.1 Å². The largest absolute Gasteiger partial charge is 0.481 e. The van der Waals surface area contributed by atoms with E-state index in [-0.39, 0.29) is 5.41 Å². The Morgan fingerprint density at radius 3 is 2.55 bits per heavy atom. The standard InChI is InChI=1S/C20H32O2/c1-13(2)14-6-8-16-15(12-14)7-9-17-19(16,3)10-5-11-20(17,4)18(21)22/h6,8,13-17H,5,7,9-12H2,1-4H3,(H,21,22)/t14?,15?,16?,17?,19-,20-/m1/s1. The minimum atomic E-state index is -0.568. The summed E-state index contributed by atoms with van der Waals surface area (Å²) in [6.07, 6.45) is 11.7. The first kappa shape index (κ1) is 16.1. The van der Waals surface area contributed by atoms with Gasteiger partial charge in [0.25, 0.3) is 0 Å². The molecule has 2 nitrogen and oxygen atoms in total. The molecule has 0 saturated heterocycles. The Kier molecular flexibility index (Phi) is 3.94. The van der Waals surface area contributed by atoms with Crippen molar-refractivity contribution in [2.24, 2.45) is 40.4 Å². The molecule has 4 unspecified atom stereocenters. The number of carboxylic acids is 1. The van der Waals surface area contributed by atoms with Gasteiger partial charge in [0.2, 0.25) is 0 Å². The Balaban J connectivity index is 1.93. The SMILES string of the molecule is CC(C)C1C=CC2C(CCC3[C@]2(C)CCC[C@@]3(C)C(=O)O)C1. The molecule has 2 fully saturated rings. The van der Waals surface area contributed by atoms with Gasteiger partial charge in [-0.3, -0.25) is 4.79 Å². The summed E-state index contributed by atoms with van der Waals surface area (Å²) >= 11 is 0. The summed E-state index contributed by atoms with van der Waals surface area (Å²) in [5.74, 6) is 2.58. The summed E-state index contributed by atoms with van der Waals surface area (Å²) in [7, 11) is 0. The van der Waals surface area contributed by atoms with Crippen molar-refractivity contribution in [1.82, 2.24) is 0 Å². The predicted molar refractivity (Wildman–Crippen MR) is 89.5 cm³/mol. The van der Waals surface area contributed by atoms with Crippen LogP contribution < -0.4 is 0 Å². The second-order valence-corrected chi connectivity index (χ2v) is 9.03. The monoisotopic (exact) mass is 304 g/mol. The molecule has 2 heteroatoms. The van der Waals surface area contributed by atoms with E-state index in [9.17, 15) is 9.90 Å². The van der Waals surface area contributed by atoms with Gasteiger partial charge in [-0.15, -0.1) is 0 Å². The number of carbonyl (C=O) groups is 1. The lowest BCUT2D eigenvalue weighted by molar-refractivity contribution is -0.168. The van der Waals surface area contributed by atoms with Gasteiger partial charge in [-0.05, 0) is 74.0 Å². The van der Waals surface area contributed by atoms with Crippen molar-refractivity contribution in [3.8, 4) is 0 Å². The van der Waals surface area contributed by atoms with Crippen LogP contribution in [0.15, 0.2) is 12.2 Å². The van der Waals surface area contributed by atoms with Crippen LogP contribution in [0, 0.1) is 40.4 Å². The van der Waals surface area contributed by atoms with Crippen molar-refractivity contribution in [1.29, 1.82) is 0 Å². The van der Waals surface area contributed by atoms with E-state index < -0.39 is 11.4 Å². The van der Waals surface area contributed by atoms with Crippen LogP contribution in [0.5, 0.6) is 0 Å². The van der Waals surface area contributed by atoms with Crippen LogP contribution in [0.1, 0.15) is 66.2 Å². The highest BCUT2D eigenvalue weighted by Gasteiger charge is 2.58. The van der Waals surface area contributed by atoms with E-state index in [1.165, 1.54) is 19.3 Å². The van der Waals surface area contributed by atoms with E-state index in [0.29, 0.717) is 11.8 Å². The third-order valence-corrected chi connectivity index (χ3v) is 7.56. The molecule has 0 radical (unpaired) electrons. The van der Waals surface area contributed by atoms with Crippen LogP contribution in [0.3, 0.4) is 0 Å². The van der Waals surface area contributed by atoms with Gasteiger partial charge in [-0.2, -0.15) is 0 Å². The van der Waals surface area contributed by atoms with Crippen LogP contribution in [-0.2, 0) is 4.79 Å². The van der Waals surface area contributed by atoms with E-state index in [1.54, 1.807) is 0 Å². The quantitative estimate of drug-likeness (QED) is 0.717. The van der Waals surface area contributed by atoms with Crippen LogP contribution >= 0.6 is 0 Å². The highest BCUT2D eigenvalue weighted by Crippen LogP contribution is 2.63. The molecular formula is C20H32O2. The van der Waals surface area contributed by atoms with Gasteiger partial charge in [0.15, 0.2) is 0 Å². The van der Waals surface area contributed by atoms with Crippen molar-refractivity contribution < 1.29 is 9.90 Å². The summed E-state index contributed by atoms with van der Waals surface area (Å²) in [6.45, 7) is 9.06. The van der Waals surface area contributed by atoms with E-state index in [1.807, 2.05) is 6.92 Å². The highest BCUT2D eigenvalue weighted by molar-refractivity contribution is 5.75. The smallest absolute Gasteiger partial charge is 0.309 e. The lowest BCUT2D eigenvalue weighted by Crippen LogP contribution is -2.55. The molecule has 6 atom stereocenters. The second-order valence-electron chi connectivity index (χ2n) is 9.03. The zero-order valence-corrected chi connectivity index (χ0v) is 14.6. The predicted octanol–water partition coefficient (Wildman–Crippen LogP) is 5.14. The molecule has 3 aliphatic carbocycles. The van der Waals surface area contributed by atoms with Crippen molar-refractivity contribution in [2.45, 2.75) is 66.2 Å². The van der Waals surface area contributed by atoms with E-state index in [2.05, 4.69) is 32.9 Å². The molecule has 1 N–H and O–H groups in total. The molecule has 3 rings (SSSR count). The average Bonchev–Trinajstić information content (AvgIpc) is 2.46. The lowest BCUT2D eigenvalue weighted by atomic mass is 9.44. The van der Waals surface area contributed by atoms with E-state index >= 15 is 0 Å². The molecule has 0 heterocycles. The fraction of sp³-hybridized carbons (Fsp3) is 0.850. The maximum atomic E-state index is 12.0. The fourth-order valence-electron chi connectivity index (χ4n) is 6.14. The summed E-state index contributed by atoms with van der Waals surface area (Å²) < 4.78 is 0. The minimum Gasteiger partial charge on any atom is -0.481 e. The Hall–Kier alpha value is -0.790. The lowest BCUT2D eigenvalue weighted by Gasteiger charge is -2.59. The van der Waals surface area contributed by atoms with Crippen molar-refractivity contribution in [3.05, 3.63) is 12.2 Å². The Bertz CT molecular complexity index is 480. The van der Waals surface area contributed by atoms with Crippen molar-refractivity contribution in [3.63, 3.8) is 0 Å². The number of hydrogen-bond acceptors (Lipinski definition) is 1. The molecular weight excluding hydrogens is 272 g/mol. The topological polar surface area (TPSA) is 37.3 Å². The summed E-state index contributed by atoms with van der Waals surface area (Å²) in [4.78, 5) is 12.0. The normalized spacial score (nSPS) is 47.9. The van der Waals surface area contributed by atoms with Gasteiger partial charge >= 0.3 is 5.97 Å². The van der Waals surface area contributed by atoms with Crippen LogP contribution in [0.4, 0.5) is 0 Å². The Labute approximate surface area is 135 Å². The zero-order chi connectivity index (χ0) is 16.1. The van der Waals surface area contributed by atoms with Crippen LogP contribution in [0.25, 0.3) is 0 Å². The number of rotatable bonds is 2. The van der Waals surface area contributed by atoms with Gasteiger partial charge in [0.05, 0.1) is 5.41 Å². The summed E-state index contributed by atoms with van der Waals surface area (Å²) in [5.41, 5.74) is -0.326. The van der Waals surface area contributed by atoms with Gasteiger partial charge < -0.3 is 5.11 Å². The summed E-state index contributed by atoms with van der Waals surface area (Å²) in [6, 6.07) is 0. The Morgan fingerprint density at radius 1 is 1.18 bits per heavy atom. The van der Waals surface area contributed by atoms with Gasteiger partial charge in [0, 0.05) is 0 Å². The molecule has 0 aliphatic heterocycles. The zero-order valence-electron chi connectivity index (χ0n) is 14.6. The Morgan fingerprint density at radius 2 is 1.91 bits per heavy atom. The molecule has 3 aliphatic rings. The molecule has 0 bridgehead atoms. The van der Waals surface area contributed by atoms with E-state index in [4.69, 9.17) is 0 Å². The number of carboxylic acid groups (broad SMARTS) is 1. The molecule has 0 spiro atoms. The third-order valence-electron chi connectivity index (χ3n) is 7.56. The molecule has 124 valence electrons. The molecule has 0 aromatic carbocycles. The van der Waals surface area contributed by atoms with Crippen LogP contribution in [0.2, 0.25) is 0 Å². The maximum absolute atomic E-state index is 12.0. The summed E-state index contributed by atoms with van der Waals surface area (Å²) in [5, 5.41) is 9.84. The molecule has 0 aromatic rings. The minimum absolute atomic E-state index is 0.187. The molecule has 0 aromatic heterocycles. The fourth-order valence-corrected chi connectivity index (χ4v) is 6.14. The van der Waals surface area contributed by atoms with Gasteiger partial charge in [-0.1, -0.05) is 39.3 Å². The van der Waals surface area contributed by atoms with Gasteiger partial charge in [-0.25, -0.2) is 0 Å². The number of aliphatic carboxylic acids is 1. The highest BCUT2D eigenvalue weighted by atomic mass is 16.4. The first-order valence-electron chi connectivity index (χ1n) is 9.21. The number of fused-ring (bicyclic) bond motifs is 3. The van der Waals surface area contributed by atoms with E-state index in [0.717, 1.165) is 37.0 Å². The molecule has 0 amide bonds. The second kappa shape index (κ2) is 5.39. The average molecular weight is 304 g/mol. The van der Waals surface area contributed by atoms with Crippen molar-refractivity contribution >= 4 is 5.97 Å². The van der Waals surface area contributed by atoms with Crippen molar-refractivity contribution in [2.75, 3.05) is 0 Å². The number of hydrogen-bond donors (Lipinski definition) is 1.